The lowest BCUT2D eigenvalue weighted by Crippen LogP contribution is -2.40. The molecule has 2 amide bonds. The summed E-state index contributed by atoms with van der Waals surface area (Å²) < 4.78 is 9.70. The normalized spacial score (nSPS) is 9.74. The fraction of sp³-hybridized carbons (Fsp3) is 0.400. The molecule has 0 atom stereocenters. The van der Waals surface area contributed by atoms with E-state index in [1.54, 1.807) is 6.92 Å². The van der Waals surface area contributed by atoms with Crippen molar-refractivity contribution in [2.75, 3.05) is 19.7 Å². The molecule has 0 aliphatic rings. The van der Waals surface area contributed by atoms with E-state index in [1.165, 1.54) is 6.07 Å². The van der Waals surface area contributed by atoms with Crippen LogP contribution in [0.25, 0.3) is 0 Å². The second kappa shape index (κ2) is 6.99. The van der Waals surface area contributed by atoms with Crippen molar-refractivity contribution < 1.29 is 28.8 Å². The summed E-state index contributed by atoms with van der Waals surface area (Å²) >= 11 is 0. The number of carbonyl (C=O) groups excluding carboxylic acids is 2. The van der Waals surface area contributed by atoms with Gasteiger partial charge in [-0.25, -0.2) is 0 Å². The van der Waals surface area contributed by atoms with Crippen molar-refractivity contribution in [3.05, 3.63) is 11.8 Å². The van der Waals surface area contributed by atoms with E-state index < -0.39 is 24.3 Å². The SMILES string of the molecule is Cc1cc(OCC(=O)NCC(=O)NCC(=O)O)no1. The number of rotatable bonds is 7. The van der Waals surface area contributed by atoms with Crippen molar-refractivity contribution in [2.24, 2.45) is 0 Å². The zero-order valence-electron chi connectivity index (χ0n) is 10.1. The first-order chi connectivity index (χ1) is 8.97. The van der Waals surface area contributed by atoms with E-state index in [0.29, 0.717) is 5.76 Å². The van der Waals surface area contributed by atoms with Crippen LogP contribution in [0.5, 0.6) is 5.88 Å². The molecule has 1 rings (SSSR count). The van der Waals surface area contributed by atoms with Gasteiger partial charge in [-0.15, -0.1) is 0 Å². The number of carboxylic acid groups (broad SMARTS) is 1. The second-order valence-electron chi connectivity index (χ2n) is 3.51. The minimum atomic E-state index is -1.16. The van der Waals surface area contributed by atoms with Gasteiger partial charge in [0.1, 0.15) is 12.3 Å². The quantitative estimate of drug-likeness (QED) is 0.560. The number of carbonyl (C=O) groups is 3. The third-order valence-electron chi connectivity index (χ3n) is 1.84. The standard InChI is InChI=1S/C10H13N3O6/c1-6-2-9(13-19-6)18-5-8(15)11-3-7(14)12-4-10(16)17/h2H,3-5H2,1H3,(H,11,15)(H,12,14)(H,16,17). The van der Waals surface area contributed by atoms with E-state index in [4.69, 9.17) is 14.4 Å². The van der Waals surface area contributed by atoms with Crippen molar-refractivity contribution in [3.63, 3.8) is 0 Å². The molecule has 0 saturated heterocycles. The molecule has 0 spiro atoms. The highest BCUT2D eigenvalue weighted by atomic mass is 16.5. The fourth-order valence-electron chi connectivity index (χ4n) is 1.02. The van der Waals surface area contributed by atoms with Gasteiger partial charge in [0.25, 0.3) is 11.8 Å². The Kier molecular flexibility index (Phi) is 5.33. The van der Waals surface area contributed by atoms with Crippen LogP contribution in [0.4, 0.5) is 0 Å². The first-order valence-corrected chi connectivity index (χ1v) is 5.28. The van der Waals surface area contributed by atoms with E-state index >= 15 is 0 Å². The first kappa shape index (κ1) is 14.5. The van der Waals surface area contributed by atoms with Gasteiger partial charge in [-0.05, 0) is 12.1 Å². The largest absolute Gasteiger partial charge is 0.480 e. The summed E-state index contributed by atoms with van der Waals surface area (Å²) in [5.74, 6) is -1.59. The van der Waals surface area contributed by atoms with Gasteiger partial charge in [0.05, 0.1) is 6.54 Å². The van der Waals surface area contributed by atoms with Crippen molar-refractivity contribution in [1.82, 2.24) is 15.8 Å². The van der Waals surface area contributed by atoms with Gasteiger partial charge in [-0.1, -0.05) is 0 Å². The zero-order valence-corrected chi connectivity index (χ0v) is 10.1. The van der Waals surface area contributed by atoms with Crippen LogP contribution in [0.1, 0.15) is 5.76 Å². The van der Waals surface area contributed by atoms with E-state index in [0.717, 1.165) is 0 Å². The Bertz CT molecular complexity index is 470. The Morgan fingerprint density at radius 2 is 2.00 bits per heavy atom. The van der Waals surface area contributed by atoms with Crippen molar-refractivity contribution in [1.29, 1.82) is 0 Å². The fourth-order valence-corrected chi connectivity index (χ4v) is 1.02. The Morgan fingerprint density at radius 3 is 2.58 bits per heavy atom. The van der Waals surface area contributed by atoms with E-state index in [2.05, 4.69) is 15.8 Å². The molecule has 9 nitrogen and oxygen atoms in total. The van der Waals surface area contributed by atoms with E-state index in [9.17, 15) is 14.4 Å². The average Bonchev–Trinajstić information content (AvgIpc) is 2.77. The molecule has 0 radical (unpaired) electrons. The van der Waals surface area contributed by atoms with Gasteiger partial charge in [0, 0.05) is 6.07 Å². The molecule has 0 aliphatic carbocycles. The summed E-state index contributed by atoms with van der Waals surface area (Å²) in [6, 6.07) is 1.51. The van der Waals surface area contributed by atoms with Gasteiger partial charge < -0.3 is 25.0 Å². The number of hydrogen-bond acceptors (Lipinski definition) is 6. The summed E-state index contributed by atoms with van der Waals surface area (Å²) in [7, 11) is 0. The molecule has 0 fully saturated rings. The van der Waals surface area contributed by atoms with Gasteiger partial charge in [0.2, 0.25) is 5.91 Å². The van der Waals surface area contributed by atoms with Crippen LogP contribution in [0.15, 0.2) is 10.6 Å². The predicted molar refractivity (Wildman–Crippen MR) is 60.4 cm³/mol. The number of ether oxygens (including phenoxy) is 1. The molecule has 3 N–H and O–H groups in total. The average molecular weight is 271 g/mol. The zero-order chi connectivity index (χ0) is 14.3. The van der Waals surface area contributed by atoms with Crippen LogP contribution in [0, 0.1) is 6.92 Å². The third-order valence-corrected chi connectivity index (χ3v) is 1.84. The Balaban J connectivity index is 2.17. The molecule has 9 heteroatoms. The molecule has 1 heterocycles. The number of aryl methyl sites for hydroxylation is 1. The molecule has 19 heavy (non-hydrogen) atoms. The van der Waals surface area contributed by atoms with E-state index in [-0.39, 0.29) is 19.0 Å². The maximum absolute atomic E-state index is 11.3. The van der Waals surface area contributed by atoms with Crippen molar-refractivity contribution in [3.8, 4) is 5.88 Å². The Labute approximate surface area is 107 Å². The van der Waals surface area contributed by atoms with Gasteiger partial charge in [-0.2, -0.15) is 0 Å². The molecule has 1 aromatic heterocycles. The Hall–Kier alpha value is -2.58. The highest BCUT2D eigenvalue weighted by Gasteiger charge is 2.08. The molecule has 0 bridgehead atoms. The number of aromatic nitrogens is 1. The smallest absolute Gasteiger partial charge is 0.322 e. The molecule has 104 valence electrons. The summed E-state index contributed by atoms with van der Waals surface area (Å²) in [4.78, 5) is 32.5. The molecule has 0 saturated carbocycles. The van der Waals surface area contributed by atoms with Gasteiger partial charge >= 0.3 is 5.97 Å². The Morgan fingerprint density at radius 1 is 1.32 bits per heavy atom. The highest BCUT2D eigenvalue weighted by molar-refractivity contribution is 5.87. The number of amides is 2. The van der Waals surface area contributed by atoms with Gasteiger partial charge in [0.15, 0.2) is 6.61 Å². The van der Waals surface area contributed by atoms with Crippen molar-refractivity contribution >= 4 is 17.8 Å². The molecule has 0 aliphatic heterocycles. The monoisotopic (exact) mass is 271 g/mol. The number of carboxylic acids is 1. The lowest BCUT2D eigenvalue weighted by atomic mass is 10.5. The molecule has 1 aromatic rings. The predicted octanol–water partition coefficient (Wildman–Crippen LogP) is -1.32. The summed E-state index contributed by atoms with van der Waals surface area (Å²) in [6.45, 7) is 0.529. The van der Waals surface area contributed by atoms with Crippen LogP contribution in [0.2, 0.25) is 0 Å². The van der Waals surface area contributed by atoms with Crippen molar-refractivity contribution in [2.45, 2.75) is 6.92 Å². The summed E-state index contributed by atoms with van der Waals surface area (Å²) in [5.41, 5.74) is 0. The van der Waals surface area contributed by atoms with Gasteiger partial charge in [-0.3, -0.25) is 14.4 Å². The van der Waals surface area contributed by atoms with Crippen LogP contribution >= 0.6 is 0 Å². The van der Waals surface area contributed by atoms with Crippen LogP contribution in [-0.4, -0.2) is 47.7 Å². The lowest BCUT2D eigenvalue weighted by molar-refractivity contribution is -0.137. The number of aliphatic carboxylic acids is 1. The van der Waals surface area contributed by atoms with Crippen LogP contribution in [-0.2, 0) is 14.4 Å². The minimum absolute atomic E-state index is 0.169. The third kappa shape index (κ3) is 6.05. The molecular formula is C10H13N3O6. The maximum atomic E-state index is 11.3. The number of nitrogens with zero attached hydrogens (tertiary/aromatic N) is 1. The number of nitrogens with one attached hydrogen (secondary N) is 2. The topological polar surface area (TPSA) is 131 Å². The highest BCUT2D eigenvalue weighted by Crippen LogP contribution is 2.08. The second-order valence-corrected chi connectivity index (χ2v) is 3.51. The summed E-state index contributed by atoms with van der Waals surface area (Å²) in [6.07, 6.45) is 0. The van der Waals surface area contributed by atoms with Crippen LogP contribution < -0.4 is 15.4 Å². The maximum Gasteiger partial charge on any atom is 0.322 e. The van der Waals surface area contributed by atoms with Crippen LogP contribution in [0.3, 0.4) is 0 Å². The number of hydrogen-bond donors (Lipinski definition) is 3. The molecule has 0 unspecified atom stereocenters. The molecule has 0 aromatic carbocycles. The summed E-state index contributed by atoms with van der Waals surface area (Å²) in [5, 5.41) is 16.2. The first-order valence-electron chi connectivity index (χ1n) is 5.28. The lowest BCUT2D eigenvalue weighted by Gasteiger charge is -2.05. The minimum Gasteiger partial charge on any atom is -0.480 e. The molecular weight excluding hydrogens is 258 g/mol. The van der Waals surface area contributed by atoms with E-state index in [1.807, 2.05) is 0 Å².